The molecular formula is C19H31F6NO9. The predicted octanol–water partition coefficient (Wildman–Crippen LogP) is 1.21. The number of halogens is 6. The first-order chi connectivity index (χ1) is 16.5. The van der Waals surface area contributed by atoms with E-state index in [1.165, 1.54) is 0 Å². The normalized spacial score (nSPS) is 12.2. The lowest BCUT2D eigenvalue weighted by atomic mass is 10.4. The van der Waals surface area contributed by atoms with Gasteiger partial charge in [0, 0.05) is 7.11 Å². The number of nitrogens with zero attached hydrogens (tertiary/aromatic N) is 1. The quantitative estimate of drug-likeness (QED) is 0.160. The number of hydrogen-bond donors (Lipinski definition) is 0. The van der Waals surface area contributed by atoms with Gasteiger partial charge >= 0.3 is 24.2 Å². The second-order valence-corrected chi connectivity index (χ2v) is 6.42. The first-order valence-electron chi connectivity index (χ1n) is 10.5. The molecule has 208 valence electrons. The zero-order valence-electron chi connectivity index (χ0n) is 19.3. The monoisotopic (exact) mass is 531 g/mol. The van der Waals surface area contributed by atoms with E-state index >= 15 is 0 Å². The lowest BCUT2D eigenvalue weighted by Gasteiger charge is -2.22. The van der Waals surface area contributed by atoms with Crippen LogP contribution in [-0.2, 0) is 42.7 Å². The molecule has 16 heteroatoms. The molecule has 0 spiro atoms. The number of hydrogen-bond acceptors (Lipinski definition) is 9. The second kappa shape index (κ2) is 19.6. The Morgan fingerprint density at radius 3 is 1.03 bits per heavy atom. The summed E-state index contributed by atoms with van der Waals surface area (Å²) in [5, 5.41) is 0. The Morgan fingerprint density at radius 1 is 0.514 bits per heavy atom. The fraction of sp³-hybridized carbons (Fsp3) is 0.895. The number of ether oxygens (including phenoxy) is 7. The minimum absolute atomic E-state index is 0.0349. The van der Waals surface area contributed by atoms with Crippen LogP contribution >= 0.6 is 0 Å². The Kier molecular flexibility index (Phi) is 18.7. The molecule has 0 saturated heterocycles. The van der Waals surface area contributed by atoms with Crippen LogP contribution in [0, 0.1) is 0 Å². The van der Waals surface area contributed by atoms with Crippen LogP contribution in [0.25, 0.3) is 0 Å². The highest BCUT2D eigenvalue weighted by molar-refractivity contribution is 6.00. The van der Waals surface area contributed by atoms with Gasteiger partial charge in [0.15, 0.2) is 0 Å². The van der Waals surface area contributed by atoms with Crippen molar-refractivity contribution in [3.63, 3.8) is 0 Å². The lowest BCUT2D eigenvalue weighted by Crippen LogP contribution is -2.51. The van der Waals surface area contributed by atoms with E-state index in [-0.39, 0.29) is 26.4 Å². The summed E-state index contributed by atoms with van der Waals surface area (Å²) in [6.45, 7) is 1.56. The Balaban J connectivity index is 3.64. The van der Waals surface area contributed by atoms with Crippen LogP contribution in [0.1, 0.15) is 0 Å². The molecule has 10 nitrogen and oxygen atoms in total. The molecule has 0 fully saturated rings. The molecule has 0 aromatic rings. The zero-order valence-corrected chi connectivity index (χ0v) is 19.3. The SMILES string of the molecule is COCCOCCOCCOCCOCCOCCOCCN(C(=O)C(F)(F)F)C(=O)C(F)(F)F. The molecule has 0 aromatic carbocycles. The van der Waals surface area contributed by atoms with Gasteiger partial charge in [-0.25, -0.2) is 0 Å². The van der Waals surface area contributed by atoms with E-state index in [1.807, 2.05) is 0 Å². The Morgan fingerprint density at radius 2 is 0.771 bits per heavy atom. The summed E-state index contributed by atoms with van der Waals surface area (Å²) in [6.07, 6.45) is -11.3. The van der Waals surface area contributed by atoms with Crippen LogP contribution in [0.3, 0.4) is 0 Å². The number of rotatable bonds is 21. The van der Waals surface area contributed by atoms with Gasteiger partial charge in [0.05, 0.1) is 92.4 Å². The molecule has 0 saturated carbocycles. The molecule has 2 amide bonds. The van der Waals surface area contributed by atoms with E-state index in [0.717, 1.165) is 0 Å². The highest BCUT2D eigenvalue weighted by atomic mass is 19.4. The molecule has 0 heterocycles. The third-order valence-electron chi connectivity index (χ3n) is 3.73. The molecule has 0 aliphatic carbocycles. The van der Waals surface area contributed by atoms with Crippen molar-refractivity contribution in [2.45, 2.75) is 12.4 Å². The molecule has 0 unspecified atom stereocenters. The van der Waals surface area contributed by atoms with Crippen molar-refractivity contribution >= 4 is 11.8 Å². The van der Waals surface area contributed by atoms with Crippen molar-refractivity contribution in [1.82, 2.24) is 4.90 Å². The molecule has 0 aliphatic heterocycles. The van der Waals surface area contributed by atoms with Gasteiger partial charge < -0.3 is 33.2 Å². The standard InChI is InChI=1S/C19H31F6NO9/c1-29-4-5-31-8-9-33-12-13-35-15-14-34-11-10-32-7-6-30-3-2-26(16(27)18(20,21)22)17(28)19(23,24)25/h2-15H2,1H3. The summed E-state index contributed by atoms with van der Waals surface area (Å²) in [5.74, 6) is -5.84. The molecule has 0 N–H and O–H groups in total. The highest BCUT2D eigenvalue weighted by Crippen LogP contribution is 2.24. The largest absolute Gasteiger partial charge is 0.471 e. The summed E-state index contributed by atoms with van der Waals surface area (Å²) >= 11 is 0. The van der Waals surface area contributed by atoms with E-state index in [4.69, 9.17) is 33.2 Å². The second-order valence-electron chi connectivity index (χ2n) is 6.42. The summed E-state index contributed by atoms with van der Waals surface area (Å²) < 4.78 is 110. The number of methoxy groups -OCH3 is 1. The van der Waals surface area contributed by atoms with Gasteiger partial charge in [-0.2, -0.15) is 26.3 Å². The van der Waals surface area contributed by atoms with Gasteiger partial charge in [0.2, 0.25) is 0 Å². The van der Waals surface area contributed by atoms with E-state index in [2.05, 4.69) is 0 Å². The van der Waals surface area contributed by atoms with Crippen LogP contribution in [0.4, 0.5) is 26.3 Å². The molecule has 0 rings (SSSR count). The first kappa shape index (κ1) is 33.4. The van der Waals surface area contributed by atoms with Gasteiger partial charge in [-0.1, -0.05) is 0 Å². The predicted molar refractivity (Wildman–Crippen MR) is 106 cm³/mol. The van der Waals surface area contributed by atoms with E-state index in [1.54, 1.807) is 7.11 Å². The number of alkyl halides is 6. The number of imide groups is 1. The maximum atomic E-state index is 12.4. The highest BCUT2D eigenvalue weighted by Gasteiger charge is 2.51. The van der Waals surface area contributed by atoms with Crippen molar-refractivity contribution in [1.29, 1.82) is 0 Å². The molecule has 0 atom stereocenters. The Hall–Kier alpha value is -1.56. The average Bonchev–Trinajstić information content (AvgIpc) is 2.78. The van der Waals surface area contributed by atoms with Gasteiger partial charge in [-0.15, -0.1) is 0 Å². The Bertz CT molecular complexity index is 538. The van der Waals surface area contributed by atoms with Gasteiger partial charge in [-0.3, -0.25) is 14.5 Å². The average molecular weight is 531 g/mol. The summed E-state index contributed by atoms with van der Waals surface area (Å²) in [7, 11) is 1.58. The van der Waals surface area contributed by atoms with Gasteiger partial charge in [-0.05, 0) is 0 Å². The molecule has 0 aromatic heterocycles. The van der Waals surface area contributed by atoms with Crippen LogP contribution in [0.2, 0.25) is 0 Å². The van der Waals surface area contributed by atoms with Crippen LogP contribution in [-0.4, -0.2) is 129 Å². The third-order valence-corrected chi connectivity index (χ3v) is 3.73. The van der Waals surface area contributed by atoms with Crippen molar-refractivity contribution in [3.05, 3.63) is 0 Å². The van der Waals surface area contributed by atoms with Crippen molar-refractivity contribution in [3.8, 4) is 0 Å². The number of carbonyl (C=O) groups excluding carboxylic acids is 2. The molecule has 0 bridgehead atoms. The molecule has 0 aliphatic rings. The minimum Gasteiger partial charge on any atom is -0.382 e. The lowest BCUT2D eigenvalue weighted by molar-refractivity contribution is -0.204. The van der Waals surface area contributed by atoms with E-state index in [9.17, 15) is 35.9 Å². The van der Waals surface area contributed by atoms with Crippen LogP contribution in [0.15, 0.2) is 0 Å². The smallest absolute Gasteiger partial charge is 0.382 e. The van der Waals surface area contributed by atoms with Crippen LogP contribution < -0.4 is 0 Å². The minimum atomic E-state index is -5.64. The first-order valence-corrected chi connectivity index (χ1v) is 10.5. The van der Waals surface area contributed by atoms with Crippen molar-refractivity contribution in [2.24, 2.45) is 0 Å². The fourth-order valence-corrected chi connectivity index (χ4v) is 2.10. The van der Waals surface area contributed by atoms with Crippen molar-refractivity contribution < 1.29 is 69.1 Å². The third kappa shape index (κ3) is 18.4. The maximum Gasteiger partial charge on any atom is 0.471 e. The van der Waals surface area contributed by atoms with Crippen molar-refractivity contribution in [2.75, 3.05) is 99.5 Å². The zero-order chi connectivity index (χ0) is 26.6. The number of carbonyl (C=O) groups is 2. The van der Waals surface area contributed by atoms with E-state index < -0.39 is 42.2 Å². The fourth-order valence-electron chi connectivity index (χ4n) is 2.10. The van der Waals surface area contributed by atoms with Crippen LogP contribution in [0.5, 0.6) is 0 Å². The summed E-state index contributed by atoms with van der Waals surface area (Å²) in [6, 6.07) is 0. The summed E-state index contributed by atoms with van der Waals surface area (Å²) in [5.41, 5.74) is 0. The maximum absolute atomic E-state index is 12.4. The molecule has 35 heavy (non-hydrogen) atoms. The molecular weight excluding hydrogens is 500 g/mol. The molecule has 0 radical (unpaired) electrons. The number of amides is 2. The van der Waals surface area contributed by atoms with Gasteiger partial charge in [0.1, 0.15) is 0 Å². The summed E-state index contributed by atoms with van der Waals surface area (Å²) in [4.78, 5) is 21.2. The Labute approximate surface area is 198 Å². The van der Waals surface area contributed by atoms with Gasteiger partial charge in [0.25, 0.3) is 0 Å². The van der Waals surface area contributed by atoms with E-state index in [0.29, 0.717) is 52.9 Å². The topological polar surface area (TPSA) is 102 Å².